The molecule has 4 nitrogen and oxygen atoms in total. The molecule has 1 aliphatic carbocycles. The number of hydrogen-bond donors (Lipinski definition) is 1. The van der Waals surface area contributed by atoms with Crippen LogP contribution in [0.4, 0.5) is 0 Å². The van der Waals surface area contributed by atoms with Crippen LogP contribution in [0.5, 0.6) is 0 Å². The van der Waals surface area contributed by atoms with E-state index in [0.29, 0.717) is 31.6 Å². The molecule has 1 rings (SSSR count). The van der Waals surface area contributed by atoms with E-state index in [1.165, 1.54) is 19.3 Å². The monoisotopic (exact) mass is 354 g/mol. The van der Waals surface area contributed by atoms with E-state index in [-0.39, 0.29) is 23.9 Å². The van der Waals surface area contributed by atoms with E-state index in [4.69, 9.17) is 9.84 Å². The molecule has 0 aliphatic heterocycles. The Morgan fingerprint density at radius 2 is 1.52 bits per heavy atom. The van der Waals surface area contributed by atoms with Crippen molar-refractivity contribution < 1.29 is 19.4 Å². The molecule has 1 saturated carbocycles. The van der Waals surface area contributed by atoms with Crippen molar-refractivity contribution in [1.29, 1.82) is 0 Å². The number of carboxylic acid groups (broad SMARTS) is 1. The zero-order chi connectivity index (χ0) is 18.7. The highest BCUT2D eigenvalue weighted by molar-refractivity contribution is 5.74. The average molecular weight is 355 g/mol. The molecule has 1 aliphatic rings. The Morgan fingerprint density at radius 1 is 0.960 bits per heavy atom. The molecule has 25 heavy (non-hydrogen) atoms. The molecule has 1 N–H and O–H groups in total. The van der Waals surface area contributed by atoms with Gasteiger partial charge in [-0.15, -0.1) is 0 Å². The zero-order valence-corrected chi connectivity index (χ0v) is 16.5. The number of ether oxygens (including phenoxy) is 1. The summed E-state index contributed by atoms with van der Waals surface area (Å²) in [6.45, 7) is 6.61. The van der Waals surface area contributed by atoms with Crippen LogP contribution in [0, 0.1) is 17.8 Å². The molecule has 0 heterocycles. The summed E-state index contributed by atoms with van der Waals surface area (Å²) in [6, 6.07) is 0. The third-order valence-corrected chi connectivity index (χ3v) is 5.71. The lowest BCUT2D eigenvalue weighted by molar-refractivity contribution is -0.158. The lowest BCUT2D eigenvalue weighted by atomic mass is 9.82. The molecule has 0 aromatic carbocycles. The van der Waals surface area contributed by atoms with Crippen LogP contribution in [-0.4, -0.2) is 23.1 Å². The van der Waals surface area contributed by atoms with Gasteiger partial charge in [0.2, 0.25) is 0 Å². The van der Waals surface area contributed by atoms with Crippen LogP contribution in [-0.2, 0) is 14.3 Å². The van der Waals surface area contributed by atoms with Gasteiger partial charge in [-0.1, -0.05) is 59.3 Å². The van der Waals surface area contributed by atoms with Crippen LogP contribution < -0.4 is 0 Å². The van der Waals surface area contributed by atoms with Gasteiger partial charge in [-0.05, 0) is 44.4 Å². The van der Waals surface area contributed by atoms with Crippen molar-refractivity contribution in [2.45, 2.75) is 104 Å². The van der Waals surface area contributed by atoms with Gasteiger partial charge >= 0.3 is 11.9 Å². The van der Waals surface area contributed by atoms with E-state index < -0.39 is 5.97 Å². The van der Waals surface area contributed by atoms with Crippen LogP contribution in [0.2, 0.25) is 0 Å². The normalized spacial score (nSPS) is 23.0. The fourth-order valence-electron chi connectivity index (χ4n) is 3.85. The molecule has 4 heteroatoms. The van der Waals surface area contributed by atoms with Gasteiger partial charge in [0, 0.05) is 0 Å². The number of carbonyl (C=O) groups is 2. The van der Waals surface area contributed by atoms with Crippen LogP contribution in [0.3, 0.4) is 0 Å². The van der Waals surface area contributed by atoms with Crippen molar-refractivity contribution in [2.24, 2.45) is 17.8 Å². The molecule has 2 atom stereocenters. The fourth-order valence-corrected chi connectivity index (χ4v) is 3.85. The topological polar surface area (TPSA) is 63.6 Å². The standard InChI is InChI=1S/C21H38O4/c1-4-7-9-16(6-3)15-19(10-8-5-2)25-21(24)18-13-11-17(12-14-18)20(22)23/h16-19H,4-15H2,1-3H3,(H,22,23). The largest absolute Gasteiger partial charge is 0.481 e. The smallest absolute Gasteiger partial charge is 0.309 e. The van der Waals surface area contributed by atoms with Crippen molar-refractivity contribution in [1.82, 2.24) is 0 Å². The lowest BCUT2D eigenvalue weighted by Gasteiger charge is -2.28. The molecule has 1 fully saturated rings. The van der Waals surface area contributed by atoms with Crippen LogP contribution in [0.1, 0.15) is 97.8 Å². The quantitative estimate of drug-likeness (QED) is 0.464. The van der Waals surface area contributed by atoms with Crippen LogP contribution in [0.15, 0.2) is 0 Å². The van der Waals surface area contributed by atoms with E-state index in [1.807, 2.05) is 0 Å². The molecule has 0 saturated heterocycles. The molecule has 0 aromatic heterocycles. The second kappa shape index (κ2) is 12.3. The summed E-state index contributed by atoms with van der Waals surface area (Å²) < 4.78 is 5.91. The highest BCUT2D eigenvalue weighted by atomic mass is 16.5. The summed E-state index contributed by atoms with van der Waals surface area (Å²) in [5.74, 6) is -0.559. The van der Waals surface area contributed by atoms with Crippen molar-refractivity contribution in [3.63, 3.8) is 0 Å². The number of rotatable bonds is 12. The second-order valence-electron chi connectivity index (χ2n) is 7.74. The van der Waals surface area contributed by atoms with Crippen molar-refractivity contribution in [3.05, 3.63) is 0 Å². The summed E-state index contributed by atoms with van der Waals surface area (Å²) in [6.07, 6.45) is 11.5. The molecule has 0 aromatic rings. The molecule has 146 valence electrons. The SMILES string of the molecule is CCCCC(CC)CC(CCCC)OC(=O)C1CCC(C(=O)O)CC1. The van der Waals surface area contributed by atoms with Gasteiger partial charge in [0.1, 0.15) is 6.10 Å². The van der Waals surface area contributed by atoms with Gasteiger partial charge in [-0.2, -0.15) is 0 Å². The van der Waals surface area contributed by atoms with Crippen LogP contribution >= 0.6 is 0 Å². The highest BCUT2D eigenvalue weighted by Crippen LogP contribution is 2.31. The van der Waals surface area contributed by atoms with Crippen molar-refractivity contribution >= 4 is 11.9 Å². The first-order valence-electron chi connectivity index (χ1n) is 10.4. The van der Waals surface area contributed by atoms with Gasteiger partial charge < -0.3 is 9.84 Å². The summed E-state index contributed by atoms with van der Waals surface area (Å²) in [5, 5.41) is 9.09. The molecule has 0 spiro atoms. The Labute approximate surface area is 153 Å². The number of carboxylic acids is 1. The average Bonchev–Trinajstić information content (AvgIpc) is 2.62. The zero-order valence-electron chi connectivity index (χ0n) is 16.5. The Balaban J connectivity index is 2.52. The third-order valence-electron chi connectivity index (χ3n) is 5.71. The molecule has 0 radical (unpaired) electrons. The number of esters is 1. The lowest BCUT2D eigenvalue weighted by Crippen LogP contribution is -2.30. The Hall–Kier alpha value is -1.06. The van der Waals surface area contributed by atoms with Gasteiger partial charge in [-0.25, -0.2) is 0 Å². The van der Waals surface area contributed by atoms with Crippen molar-refractivity contribution in [2.75, 3.05) is 0 Å². The highest BCUT2D eigenvalue weighted by Gasteiger charge is 2.32. The predicted molar refractivity (Wildman–Crippen MR) is 100 cm³/mol. The first-order valence-corrected chi connectivity index (χ1v) is 10.4. The van der Waals surface area contributed by atoms with E-state index in [1.54, 1.807) is 0 Å². The number of aliphatic carboxylic acids is 1. The second-order valence-corrected chi connectivity index (χ2v) is 7.74. The maximum atomic E-state index is 12.6. The maximum Gasteiger partial charge on any atom is 0.309 e. The number of unbranched alkanes of at least 4 members (excludes halogenated alkanes) is 2. The van der Waals surface area contributed by atoms with E-state index in [9.17, 15) is 9.59 Å². The van der Waals surface area contributed by atoms with Gasteiger partial charge in [0.15, 0.2) is 0 Å². The molecule has 0 bridgehead atoms. The minimum Gasteiger partial charge on any atom is -0.481 e. The van der Waals surface area contributed by atoms with Gasteiger partial charge in [-0.3, -0.25) is 9.59 Å². The predicted octanol–water partition coefficient (Wildman–Crippen LogP) is 5.59. The first kappa shape index (κ1) is 22.0. The summed E-state index contributed by atoms with van der Waals surface area (Å²) in [5.41, 5.74) is 0. The summed E-state index contributed by atoms with van der Waals surface area (Å²) in [4.78, 5) is 23.6. The minimum atomic E-state index is -0.727. The van der Waals surface area contributed by atoms with Crippen molar-refractivity contribution in [3.8, 4) is 0 Å². The molecular weight excluding hydrogens is 316 g/mol. The summed E-state index contributed by atoms with van der Waals surface area (Å²) >= 11 is 0. The first-order chi connectivity index (χ1) is 12.0. The Bertz CT molecular complexity index is 385. The summed E-state index contributed by atoms with van der Waals surface area (Å²) in [7, 11) is 0. The van der Waals surface area contributed by atoms with Gasteiger partial charge in [0.05, 0.1) is 11.8 Å². The van der Waals surface area contributed by atoms with E-state index in [0.717, 1.165) is 32.1 Å². The minimum absolute atomic E-state index is 0.0338. The van der Waals surface area contributed by atoms with E-state index >= 15 is 0 Å². The molecule has 0 amide bonds. The maximum absolute atomic E-state index is 12.6. The Kier molecular flexibility index (Phi) is 10.8. The van der Waals surface area contributed by atoms with Crippen LogP contribution in [0.25, 0.3) is 0 Å². The fraction of sp³-hybridized carbons (Fsp3) is 0.905. The number of carbonyl (C=O) groups excluding carboxylic acids is 1. The van der Waals surface area contributed by atoms with E-state index in [2.05, 4.69) is 20.8 Å². The number of hydrogen-bond acceptors (Lipinski definition) is 3. The Morgan fingerprint density at radius 3 is 2.04 bits per heavy atom. The third kappa shape index (κ3) is 8.24. The molecule has 2 unspecified atom stereocenters. The van der Waals surface area contributed by atoms with Gasteiger partial charge in [0.25, 0.3) is 0 Å². The molecular formula is C21H38O4.